The normalized spacial score (nSPS) is 17.6. The molecule has 1 aromatic rings. The minimum absolute atomic E-state index is 0.119. The van der Waals surface area contributed by atoms with Crippen molar-refractivity contribution in [3.63, 3.8) is 0 Å². The van der Waals surface area contributed by atoms with E-state index in [4.69, 9.17) is 41.2 Å². The Hall–Kier alpha value is -0.590. The summed E-state index contributed by atoms with van der Waals surface area (Å²) in [6, 6.07) is 5.19. The average Bonchev–Trinajstić information content (AvgIpc) is 2.62. The van der Waals surface area contributed by atoms with Crippen LogP contribution in [0.2, 0.25) is 10.0 Å². The molecular formula is C12H10Cl2N2OS2. The summed E-state index contributed by atoms with van der Waals surface area (Å²) in [4.78, 5) is 14.2. The highest BCUT2D eigenvalue weighted by Gasteiger charge is 2.31. The molecule has 0 bridgehead atoms. The lowest BCUT2D eigenvalue weighted by atomic mass is 10.2. The molecule has 0 saturated carbocycles. The maximum absolute atomic E-state index is 12.1. The number of nitrogens with two attached hydrogens (primary N) is 1. The van der Waals surface area contributed by atoms with Crippen molar-refractivity contribution in [3.8, 4) is 0 Å². The molecule has 0 atom stereocenters. The molecule has 0 radical (unpaired) electrons. The van der Waals surface area contributed by atoms with Crippen LogP contribution in [0.1, 0.15) is 5.56 Å². The number of thioether (sulfide) groups is 1. The van der Waals surface area contributed by atoms with Gasteiger partial charge in [-0.25, -0.2) is 0 Å². The molecule has 100 valence electrons. The van der Waals surface area contributed by atoms with E-state index in [1.165, 1.54) is 16.7 Å². The van der Waals surface area contributed by atoms with Gasteiger partial charge in [0.2, 0.25) is 0 Å². The summed E-state index contributed by atoms with van der Waals surface area (Å²) in [5.74, 6) is -0.119. The van der Waals surface area contributed by atoms with Gasteiger partial charge >= 0.3 is 0 Å². The van der Waals surface area contributed by atoms with Crippen molar-refractivity contribution in [2.45, 2.75) is 0 Å². The summed E-state index contributed by atoms with van der Waals surface area (Å²) in [6.45, 7) is 0.815. The average molecular weight is 333 g/mol. The van der Waals surface area contributed by atoms with E-state index in [0.717, 1.165) is 5.56 Å². The summed E-state index contributed by atoms with van der Waals surface area (Å²) in [5, 5.41) is 0.933. The van der Waals surface area contributed by atoms with Crippen LogP contribution >= 0.6 is 47.2 Å². The molecule has 0 aromatic heterocycles. The largest absolute Gasteiger partial charge is 0.329 e. The number of halogens is 2. The fourth-order valence-corrected chi connectivity index (χ4v) is 3.19. The van der Waals surface area contributed by atoms with Crippen LogP contribution in [0.25, 0.3) is 6.08 Å². The van der Waals surface area contributed by atoms with E-state index in [2.05, 4.69) is 0 Å². The summed E-state index contributed by atoms with van der Waals surface area (Å²) >= 11 is 18.2. The predicted octanol–water partition coefficient (Wildman–Crippen LogP) is 3.15. The number of hydrogen-bond acceptors (Lipinski definition) is 4. The number of nitrogens with zero attached hydrogens (tertiary/aromatic N) is 1. The predicted molar refractivity (Wildman–Crippen MR) is 85.4 cm³/mol. The molecule has 1 saturated heterocycles. The van der Waals surface area contributed by atoms with Gasteiger partial charge in [-0.2, -0.15) is 0 Å². The minimum atomic E-state index is -0.119. The smallest absolute Gasteiger partial charge is 0.266 e. The number of hydrogen-bond donors (Lipinski definition) is 1. The molecule has 0 unspecified atom stereocenters. The number of carbonyl (C=O) groups is 1. The molecule has 1 amide bonds. The van der Waals surface area contributed by atoms with Gasteiger partial charge in [-0.15, -0.1) is 0 Å². The molecule has 1 aliphatic heterocycles. The summed E-state index contributed by atoms with van der Waals surface area (Å²) in [5.41, 5.74) is 6.26. The highest BCUT2D eigenvalue weighted by atomic mass is 35.5. The standard InChI is InChI=1S/C12H10Cl2N2OS2/c13-8-2-1-7(5-9(8)14)6-10-11(17)16(4-3-15)12(18)19-10/h1-2,5-6H,3-4,15H2/b10-6+. The van der Waals surface area contributed by atoms with Gasteiger partial charge < -0.3 is 5.73 Å². The van der Waals surface area contributed by atoms with Crippen LogP contribution in [0.3, 0.4) is 0 Å². The van der Waals surface area contributed by atoms with Crippen LogP contribution in [-0.2, 0) is 4.79 Å². The molecule has 2 N–H and O–H groups in total. The maximum Gasteiger partial charge on any atom is 0.266 e. The van der Waals surface area contributed by atoms with Gasteiger partial charge in [0.1, 0.15) is 4.32 Å². The topological polar surface area (TPSA) is 46.3 Å². The fourth-order valence-electron chi connectivity index (χ4n) is 1.58. The summed E-state index contributed by atoms with van der Waals surface area (Å²) in [7, 11) is 0. The van der Waals surface area contributed by atoms with E-state index in [-0.39, 0.29) is 5.91 Å². The molecule has 0 spiro atoms. The van der Waals surface area contributed by atoms with Gasteiger partial charge in [0.05, 0.1) is 15.0 Å². The molecule has 1 aliphatic rings. The first-order chi connectivity index (χ1) is 9.02. The van der Waals surface area contributed by atoms with Crippen molar-refractivity contribution < 1.29 is 4.79 Å². The number of benzene rings is 1. The zero-order valence-electron chi connectivity index (χ0n) is 9.73. The Bertz CT molecular complexity index is 575. The Morgan fingerprint density at radius 2 is 2.11 bits per heavy atom. The van der Waals surface area contributed by atoms with E-state index in [0.29, 0.717) is 32.4 Å². The SMILES string of the molecule is NCCN1C(=O)/C(=C\c2ccc(Cl)c(Cl)c2)SC1=S. The van der Waals surface area contributed by atoms with E-state index in [1.54, 1.807) is 24.3 Å². The summed E-state index contributed by atoms with van der Waals surface area (Å²) < 4.78 is 0.529. The molecule has 7 heteroatoms. The van der Waals surface area contributed by atoms with Gasteiger partial charge in [0, 0.05) is 13.1 Å². The third-order valence-corrected chi connectivity index (χ3v) is 4.58. The Kier molecular flexibility index (Phi) is 4.86. The monoisotopic (exact) mass is 332 g/mol. The van der Waals surface area contributed by atoms with E-state index < -0.39 is 0 Å². The van der Waals surface area contributed by atoms with Crippen molar-refractivity contribution in [1.82, 2.24) is 4.90 Å². The quantitative estimate of drug-likeness (QED) is 0.682. The van der Waals surface area contributed by atoms with Crippen molar-refractivity contribution in [3.05, 3.63) is 38.7 Å². The number of rotatable bonds is 3. The van der Waals surface area contributed by atoms with Gasteiger partial charge in [-0.05, 0) is 23.8 Å². The Labute approximate surface area is 130 Å². The first kappa shape index (κ1) is 14.8. The molecule has 2 rings (SSSR count). The molecule has 1 heterocycles. The van der Waals surface area contributed by atoms with Crippen LogP contribution in [-0.4, -0.2) is 28.2 Å². The van der Waals surface area contributed by atoms with Gasteiger partial charge in [-0.1, -0.05) is 53.2 Å². The van der Waals surface area contributed by atoms with Crippen LogP contribution in [0, 0.1) is 0 Å². The van der Waals surface area contributed by atoms with Gasteiger partial charge in [-0.3, -0.25) is 9.69 Å². The number of amides is 1. The second-order valence-corrected chi connectivity index (χ2v) is 6.29. The van der Waals surface area contributed by atoms with Gasteiger partial charge in [0.15, 0.2) is 0 Å². The number of thiocarbonyl (C=S) groups is 1. The van der Waals surface area contributed by atoms with Crippen molar-refractivity contribution in [2.75, 3.05) is 13.1 Å². The van der Waals surface area contributed by atoms with E-state index >= 15 is 0 Å². The lowest BCUT2D eigenvalue weighted by Crippen LogP contribution is -2.32. The van der Waals surface area contributed by atoms with E-state index in [9.17, 15) is 4.79 Å². The third kappa shape index (κ3) is 3.30. The second-order valence-electron chi connectivity index (χ2n) is 3.80. The fraction of sp³-hybridized carbons (Fsp3) is 0.167. The molecule has 1 fully saturated rings. The lowest BCUT2D eigenvalue weighted by Gasteiger charge is -2.11. The van der Waals surface area contributed by atoms with Crippen LogP contribution in [0.15, 0.2) is 23.1 Å². The van der Waals surface area contributed by atoms with Crippen molar-refractivity contribution in [1.29, 1.82) is 0 Å². The Morgan fingerprint density at radius 3 is 2.74 bits per heavy atom. The maximum atomic E-state index is 12.1. The second kappa shape index (κ2) is 6.24. The molecular weight excluding hydrogens is 323 g/mol. The number of carbonyl (C=O) groups excluding carboxylic acids is 1. The van der Waals surface area contributed by atoms with Gasteiger partial charge in [0.25, 0.3) is 5.91 Å². The van der Waals surface area contributed by atoms with Crippen molar-refractivity contribution in [2.24, 2.45) is 5.73 Å². The Balaban J connectivity index is 2.27. The molecule has 1 aromatic carbocycles. The zero-order valence-corrected chi connectivity index (χ0v) is 12.9. The summed E-state index contributed by atoms with van der Waals surface area (Å²) in [6.07, 6.45) is 1.75. The zero-order chi connectivity index (χ0) is 14.0. The first-order valence-corrected chi connectivity index (χ1v) is 7.41. The van der Waals surface area contributed by atoms with E-state index in [1.807, 2.05) is 0 Å². The first-order valence-electron chi connectivity index (χ1n) is 5.43. The minimum Gasteiger partial charge on any atom is -0.329 e. The van der Waals surface area contributed by atoms with Crippen LogP contribution in [0.5, 0.6) is 0 Å². The highest BCUT2D eigenvalue weighted by Crippen LogP contribution is 2.33. The van der Waals surface area contributed by atoms with Crippen LogP contribution in [0.4, 0.5) is 0 Å². The highest BCUT2D eigenvalue weighted by molar-refractivity contribution is 8.26. The molecule has 19 heavy (non-hydrogen) atoms. The van der Waals surface area contributed by atoms with Crippen LogP contribution < -0.4 is 5.73 Å². The van der Waals surface area contributed by atoms with Crippen molar-refractivity contribution >= 4 is 63.5 Å². The molecule has 0 aliphatic carbocycles. The third-order valence-electron chi connectivity index (χ3n) is 2.47. The Morgan fingerprint density at radius 1 is 1.37 bits per heavy atom. The molecule has 3 nitrogen and oxygen atoms in total. The lowest BCUT2D eigenvalue weighted by molar-refractivity contribution is -0.122.